The fraction of sp³-hybridized carbons (Fsp3) is 0.190. The number of benzene rings is 2. The summed E-state index contributed by atoms with van der Waals surface area (Å²) in [6, 6.07) is 11.3. The molecule has 2 aromatic carbocycles. The van der Waals surface area contributed by atoms with Gasteiger partial charge in [0.2, 0.25) is 11.8 Å². The smallest absolute Gasteiger partial charge is 0.240 e. The Hall–Kier alpha value is -3.12. The number of fused-ring (bicyclic) bond motifs is 4. The van der Waals surface area contributed by atoms with Gasteiger partial charge < -0.3 is 10.6 Å². The van der Waals surface area contributed by atoms with Crippen molar-refractivity contribution in [2.24, 2.45) is 0 Å². The molecule has 0 bridgehead atoms. The maximum Gasteiger partial charge on any atom is 0.240 e. The van der Waals surface area contributed by atoms with E-state index < -0.39 is 5.41 Å². The third kappa shape index (κ3) is 2.18. The number of anilines is 2. The Morgan fingerprint density at radius 3 is 2.68 bits per heavy atom. The second-order valence-corrected chi connectivity index (χ2v) is 7.82. The molecule has 3 aromatic rings. The summed E-state index contributed by atoms with van der Waals surface area (Å²) in [6.45, 7) is 4.02. The lowest BCUT2D eigenvalue weighted by Crippen LogP contribution is -2.43. The van der Waals surface area contributed by atoms with E-state index in [-0.39, 0.29) is 18.2 Å². The monoisotopic (exact) mass is 392 g/mol. The molecule has 3 heterocycles. The molecule has 0 saturated carbocycles. The van der Waals surface area contributed by atoms with Crippen molar-refractivity contribution in [3.8, 4) is 5.69 Å². The van der Waals surface area contributed by atoms with Gasteiger partial charge in [-0.05, 0) is 49.2 Å². The molecule has 2 aliphatic heterocycles. The summed E-state index contributed by atoms with van der Waals surface area (Å²) in [5.74, 6) is 0.0502. The molecule has 2 N–H and O–H groups in total. The summed E-state index contributed by atoms with van der Waals surface area (Å²) in [6.07, 6.45) is 1.68. The zero-order valence-corrected chi connectivity index (χ0v) is 16.1. The van der Waals surface area contributed by atoms with E-state index in [1.54, 1.807) is 29.1 Å². The molecule has 1 aromatic heterocycles. The standard InChI is InChI=1S/C21H17ClN4O2/c1-11-3-6-17(12(2)7-11)26-19-15(10-23-26)21(9-18(27)25-19)14-8-13(22)4-5-16(14)24-20(21)28/h3-8,10H,9H2,1-2H3,(H,24,28)(H,25,27)/t21-/m1/s1. The molecule has 0 saturated heterocycles. The number of amides is 2. The third-order valence-electron chi connectivity index (χ3n) is 5.57. The summed E-state index contributed by atoms with van der Waals surface area (Å²) in [4.78, 5) is 25.8. The molecule has 0 radical (unpaired) electrons. The molecular formula is C21H17ClN4O2. The van der Waals surface area contributed by atoms with E-state index in [0.717, 1.165) is 16.8 Å². The minimum Gasteiger partial charge on any atom is -0.325 e. The predicted octanol–water partition coefficient (Wildman–Crippen LogP) is 3.72. The fourth-order valence-electron chi connectivity index (χ4n) is 4.29. The highest BCUT2D eigenvalue weighted by Gasteiger charge is 2.54. The number of halogens is 1. The Kier molecular flexibility index (Phi) is 3.46. The van der Waals surface area contributed by atoms with Gasteiger partial charge in [-0.3, -0.25) is 9.59 Å². The Labute approximate surface area is 166 Å². The lowest BCUT2D eigenvalue weighted by Gasteiger charge is -2.31. The minimum atomic E-state index is -1.13. The maximum atomic E-state index is 13.1. The first-order chi connectivity index (χ1) is 13.4. The predicted molar refractivity (Wildman–Crippen MR) is 107 cm³/mol. The highest BCUT2D eigenvalue weighted by Crippen LogP contribution is 2.50. The van der Waals surface area contributed by atoms with E-state index in [4.69, 9.17) is 11.6 Å². The van der Waals surface area contributed by atoms with Crippen molar-refractivity contribution in [1.82, 2.24) is 9.78 Å². The number of nitrogens with one attached hydrogen (secondary N) is 2. The number of hydrogen-bond donors (Lipinski definition) is 2. The molecule has 1 atom stereocenters. The van der Waals surface area contributed by atoms with Crippen LogP contribution >= 0.6 is 11.6 Å². The fourth-order valence-corrected chi connectivity index (χ4v) is 4.46. The van der Waals surface area contributed by atoms with Crippen molar-refractivity contribution in [3.05, 3.63) is 69.9 Å². The lowest BCUT2D eigenvalue weighted by atomic mass is 9.72. The van der Waals surface area contributed by atoms with Gasteiger partial charge in [-0.2, -0.15) is 5.10 Å². The van der Waals surface area contributed by atoms with Crippen LogP contribution in [-0.4, -0.2) is 21.6 Å². The van der Waals surface area contributed by atoms with E-state index in [9.17, 15) is 9.59 Å². The summed E-state index contributed by atoms with van der Waals surface area (Å²) in [7, 11) is 0. The molecule has 2 amide bonds. The average Bonchev–Trinajstić information content (AvgIpc) is 3.16. The zero-order valence-electron chi connectivity index (χ0n) is 15.3. The van der Waals surface area contributed by atoms with Gasteiger partial charge in [-0.15, -0.1) is 0 Å². The lowest BCUT2D eigenvalue weighted by molar-refractivity contribution is -0.125. The number of nitrogens with zero attached hydrogens (tertiary/aromatic N) is 2. The highest BCUT2D eigenvalue weighted by atomic mass is 35.5. The van der Waals surface area contributed by atoms with Crippen molar-refractivity contribution < 1.29 is 9.59 Å². The minimum absolute atomic E-state index is 0.0117. The molecule has 0 fully saturated rings. The molecule has 5 rings (SSSR count). The molecule has 6 nitrogen and oxygen atoms in total. The number of carbonyl (C=O) groups is 2. The van der Waals surface area contributed by atoms with Gasteiger partial charge in [0.05, 0.1) is 11.9 Å². The topological polar surface area (TPSA) is 76.0 Å². The Balaban J connectivity index is 1.77. The van der Waals surface area contributed by atoms with E-state index in [0.29, 0.717) is 27.7 Å². The van der Waals surface area contributed by atoms with Gasteiger partial charge >= 0.3 is 0 Å². The Morgan fingerprint density at radius 1 is 1.07 bits per heavy atom. The van der Waals surface area contributed by atoms with Crippen molar-refractivity contribution in [2.75, 3.05) is 10.6 Å². The number of rotatable bonds is 1. The van der Waals surface area contributed by atoms with Crippen LogP contribution in [0.3, 0.4) is 0 Å². The van der Waals surface area contributed by atoms with Crippen LogP contribution in [0.15, 0.2) is 42.6 Å². The maximum absolute atomic E-state index is 13.1. The van der Waals surface area contributed by atoms with Crippen LogP contribution in [0.5, 0.6) is 0 Å². The molecular weight excluding hydrogens is 376 g/mol. The number of aryl methyl sites for hydroxylation is 2. The van der Waals surface area contributed by atoms with Crippen molar-refractivity contribution in [1.29, 1.82) is 0 Å². The van der Waals surface area contributed by atoms with Gasteiger partial charge in [-0.1, -0.05) is 29.3 Å². The third-order valence-corrected chi connectivity index (χ3v) is 5.81. The largest absolute Gasteiger partial charge is 0.325 e. The average molecular weight is 393 g/mol. The van der Waals surface area contributed by atoms with Crippen LogP contribution in [0.1, 0.15) is 28.7 Å². The molecule has 7 heteroatoms. The zero-order chi connectivity index (χ0) is 19.6. The molecule has 1 spiro atoms. The summed E-state index contributed by atoms with van der Waals surface area (Å²) < 4.78 is 1.69. The summed E-state index contributed by atoms with van der Waals surface area (Å²) >= 11 is 6.21. The van der Waals surface area contributed by atoms with Gasteiger partial charge in [0.15, 0.2) is 0 Å². The van der Waals surface area contributed by atoms with Gasteiger partial charge in [0.1, 0.15) is 11.2 Å². The van der Waals surface area contributed by atoms with Gasteiger partial charge in [0.25, 0.3) is 0 Å². The van der Waals surface area contributed by atoms with Crippen LogP contribution in [0, 0.1) is 13.8 Å². The molecule has 28 heavy (non-hydrogen) atoms. The second-order valence-electron chi connectivity index (χ2n) is 7.38. The van der Waals surface area contributed by atoms with E-state index in [1.807, 2.05) is 26.0 Å². The summed E-state index contributed by atoms with van der Waals surface area (Å²) in [5.41, 5.74) is 3.95. The second kappa shape index (κ2) is 5.69. The van der Waals surface area contributed by atoms with E-state index >= 15 is 0 Å². The van der Waals surface area contributed by atoms with Crippen LogP contribution < -0.4 is 10.6 Å². The van der Waals surface area contributed by atoms with Crippen LogP contribution in [0.25, 0.3) is 5.69 Å². The van der Waals surface area contributed by atoms with Gasteiger partial charge in [-0.25, -0.2) is 4.68 Å². The number of hydrogen-bond acceptors (Lipinski definition) is 3. The number of carbonyl (C=O) groups excluding carboxylic acids is 2. The van der Waals surface area contributed by atoms with Crippen LogP contribution in [0.4, 0.5) is 11.5 Å². The SMILES string of the molecule is Cc1ccc(-n2ncc3c2NC(=O)C[C@]32C(=O)Nc3ccc(Cl)cc32)c(C)c1. The summed E-state index contributed by atoms with van der Waals surface area (Å²) in [5, 5.41) is 10.9. The van der Waals surface area contributed by atoms with Gasteiger partial charge in [0, 0.05) is 22.7 Å². The van der Waals surface area contributed by atoms with Crippen molar-refractivity contribution >= 4 is 34.9 Å². The van der Waals surface area contributed by atoms with E-state index in [1.165, 1.54) is 0 Å². The van der Waals surface area contributed by atoms with Crippen molar-refractivity contribution in [2.45, 2.75) is 25.7 Å². The Morgan fingerprint density at radius 2 is 1.89 bits per heavy atom. The first kappa shape index (κ1) is 17.0. The van der Waals surface area contributed by atoms with Crippen LogP contribution in [0.2, 0.25) is 5.02 Å². The molecule has 0 aliphatic carbocycles. The van der Waals surface area contributed by atoms with E-state index in [2.05, 4.69) is 21.8 Å². The molecule has 140 valence electrons. The highest BCUT2D eigenvalue weighted by molar-refractivity contribution is 6.31. The Bertz CT molecular complexity index is 1180. The molecule has 2 aliphatic rings. The normalized spacial score (nSPS) is 20.0. The van der Waals surface area contributed by atoms with Crippen molar-refractivity contribution in [3.63, 3.8) is 0 Å². The first-order valence-electron chi connectivity index (χ1n) is 8.97. The number of aromatic nitrogens is 2. The quantitative estimate of drug-likeness (QED) is 0.662. The van der Waals surface area contributed by atoms with Crippen LogP contribution in [-0.2, 0) is 15.0 Å². The first-order valence-corrected chi connectivity index (χ1v) is 9.35. The molecule has 0 unspecified atom stereocenters.